The number of nitrogens with one attached hydrogen (secondary N) is 1. The molecule has 0 unspecified atom stereocenters. The third-order valence-electron chi connectivity index (χ3n) is 4.88. The topological polar surface area (TPSA) is 95.9 Å². The van der Waals surface area contributed by atoms with Crippen molar-refractivity contribution in [1.82, 2.24) is 5.32 Å². The maximum atomic E-state index is 14.0. The molecule has 0 saturated carbocycles. The summed E-state index contributed by atoms with van der Waals surface area (Å²) in [4.78, 5) is 38.9. The number of aromatic hydroxyl groups is 1. The third-order valence-corrected chi connectivity index (χ3v) is 5.92. The number of hydrogen-bond donors (Lipinski definition) is 2. The predicted molar refractivity (Wildman–Crippen MR) is 130 cm³/mol. The molecule has 0 atom stereocenters. The Labute approximate surface area is 210 Å². The van der Waals surface area contributed by atoms with Crippen LogP contribution in [0.3, 0.4) is 0 Å². The highest BCUT2D eigenvalue weighted by atomic mass is 79.9. The summed E-state index contributed by atoms with van der Waals surface area (Å²) in [6, 6.07) is 13.9. The lowest BCUT2D eigenvalue weighted by atomic mass is 10.1. The van der Waals surface area contributed by atoms with E-state index in [1.807, 2.05) is 0 Å². The number of halogens is 3. The zero-order valence-corrected chi connectivity index (χ0v) is 20.4. The van der Waals surface area contributed by atoms with Gasteiger partial charge in [0.15, 0.2) is 0 Å². The Balaban J connectivity index is 1.72. The Morgan fingerprint density at radius 1 is 1.03 bits per heavy atom. The van der Waals surface area contributed by atoms with Gasteiger partial charge in [-0.2, -0.15) is 0 Å². The van der Waals surface area contributed by atoms with Gasteiger partial charge >= 0.3 is 6.03 Å². The number of rotatable bonds is 5. The Bertz CT molecular complexity index is 1340. The lowest BCUT2D eigenvalue weighted by Crippen LogP contribution is -2.54. The Morgan fingerprint density at radius 2 is 1.74 bits per heavy atom. The fraction of sp³-hybridized carbons (Fsp3) is 0.0417. The van der Waals surface area contributed by atoms with Crippen molar-refractivity contribution >= 4 is 61.5 Å². The Kier molecular flexibility index (Phi) is 6.80. The lowest BCUT2D eigenvalue weighted by molar-refractivity contribution is -0.122. The van der Waals surface area contributed by atoms with Crippen LogP contribution in [0.25, 0.3) is 6.08 Å². The maximum Gasteiger partial charge on any atom is 0.335 e. The van der Waals surface area contributed by atoms with Gasteiger partial charge in [-0.15, -0.1) is 0 Å². The van der Waals surface area contributed by atoms with Crippen molar-refractivity contribution in [3.8, 4) is 11.5 Å². The summed E-state index contributed by atoms with van der Waals surface area (Å²) in [5.74, 6) is -1.93. The number of nitrogens with zero attached hydrogens (tertiary/aromatic N) is 1. The number of hydrogen-bond acceptors (Lipinski definition) is 5. The summed E-state index contributed by atoms with van der Waals surface area (Å²) < 4.78 is 21.0. The molecule has 1 aliphatic rings. The number of barbiturate groups is 1. The molecular formula is C24H15Br2FN2O5. The van der Waals surface area contributed by atoms with Gasteiger partial charge in [-0.1, -0.05) is 34.1 Å². The molecule has 1 heterocycles. The summed E-state index contributed by atoms with van der Waals surface area (Å²) in [7, 11) is 0. The number of anilines is 1. The number of phenolic OH excluding ortho intramolecular Hbond substituents is 1. The quantitative estimate of drug-likeness (QED) is 0.311. The van der Waals surface area contributed by atoms with E-state index in [4.69, 9.17) is 4.74 Å². The molecule has 1 aliphatic heterocycles. The molecule has 1 saturated heterocycles. The average Bonchev–Trinajstić information content (AvgIpc) is 2.78. The predicted octanol–water partition coefficient (Wildman–Crippen LogP) is 5.30. The molecule has 0 aromatic heterocycles. The molecule has 3 aromatic rings. The second-order valence-corrected chi connectivity index (χ2v) is 8.93. The summed E-state index contributed by atoms with van der Waals surface area (Å²) in [5, 5.41) is 11.6. The van der Waals surface area contributed by atoms with Gasteiger partial charge < -0.3 is 9.84 Å². The summed E-state index contributed by atoms with van der Waals surface area (Å²) in [6.07, 6.45) is 1.30. The van der Waals surface area contributed by atoms with Crippen molar-refractivity contribution in [3.05, 3.63) is 92.1 Å². The number of imide groups is 2. The molecule has 7 nitrogen and oxygen atoms in total. The van der Waals surface area contributed by atoms with E-state index in [9.17, 15) is 23.9 Å². The van der Waals surface area contributed by atoms with Gasteiger partial charge in [-0.05, 0) is 64.5 Å². The van der Waals surface area contributed by atoms with E-state index in [1.165, 1.54) is 36.4 Å². The van der Waals surface area contributed by atoms with E-state index in [-0.39, 0.29) is 29.4 Å². The fourth-order valence-electron chi connectivity index (χ4n) is 3.25. The highest BCUT2D eigenvalue weighted by molar-refractivity contribution is 9.11. The largest absolute Gasteiger partial charge is 0.508 e. The summed E-state index contributed by atoms with van der Waals surface area (Å²) >= 11 is 6.76. The van der Waals surface area contributed by atoms with Crippen LogP contribution >= 0.6 is 31.9 Å². The normalized spacial score (nSPS) is 15.0. The molecule has 0 radical (unpaired) electrons. The van der Waals surface area contributed by atoms with E-state index in [0.29, 0.717) is 20.1 Å². The minimum absolute atomic E-state index is 0.0453. The van der Waals surface area contributed by atoms with Crippen LogP contribution in [-0.4, -0.2) is 23.0 Å². The number of ether oxygens (including phenoxy) is 1. The van der Waals surface area contributed by atoms with E-state index >= 15 is 0 Å². The van der Waals surface area contributed by atoms with E-state index in [0.717, 1.165) is 4.90 Å². The highest BCUT2D eigenvalue weighted by Gasteiger charge is 2.37. The van der Waals surface area contributed by atoms with Gasteiger partial charge in [-0.3, -0.25) is 14.9 Å². The van der Waals surface area contributed by atoms with Gasteiger partial charge in [0.1, 0.15) is 29.5 Å². The smallest absolute Gasteiger partial charge is 0.335 e. The van der Waals surface area contributed by atoms with Crippen molar-refractivity contribution in [2.24, 2.45) is 0 Å². The van der Waals surface area contributed by atoms with Crippen molar-refractivity contribution in [2.75, 3.05) is 4.90 Å². The van der Waals surface area contributed by atoms with Crippen LogP contribution in [0.15, 0.2) is 75.2 Å². The van der Waals surface area contributed by atoms with Gasteiger partial charge in [-0.25, -0.2) is 14.1 Å². The first-order chi connectivity index (χ1) is 16.2. The Morgan fingerprint density at radius 3 is 2.44 bits per heavy atom. The first kappa shape index (κ1) is 23.7. The number of benzene rings is 3. The minimum Gasteiger partial charge on any atom is -0.508 e. The molecule has 10 heteroatoms. The molecule has 4 rings (SSSR count). The third kappa shape index (κ3) is 4.87. The van der Waals surface area contributed by atoms with Crippen molar-refractivity contribution in [3.63, 3.8) is 0 Å². The van der Waals surface area contributed by atoms with Crippen LogP contribution in [0.5, 0.6) is 11.5 Å². The number of amides is 4. The molecule has 4 amide bonds. The molecule has 1 fully saturated rings. The van der Waals surface area contributed by atoms with Crippen LogP contribution in [0.1, 0.15) is 11.1 Å². The standard InChI is InChI=1S/C24H15Br2FN2O5/c25-15-9-14(21(19(26)11-15)34-12-13-3-1-2-4-20(13)27)10-18-22(31)28-24(33)29(23(18)32)16-5-7-17(30)8-6-16/h1-11,30H,12H2,(H,28,31,33)/b18-10+. The van der Waals surface area contributed by atoms with Gasteiger partial charge in [0, 0.05) is 15.6 Å². The van der Waals surface area contributed by atoms with E-state index in [2.05, 4.69) is 37.2 Å². The zero-order valence-electron chi connectivity index (χ0n) is 17.2. The first-order valence-electron chi connectivity index (χ1n) is 9.80. The fourth-order valence-corrected chi connectivity index (χ4v) is 4.63. The number of carbonyl (C=O) groups excluding carboxylic acids is 3. The molecule has 0 spiro atoms. The molecule has 0 aliphatic carbocycles. The van der Waals surface area contributed by atoms with Gasteiger partial charge in [0.05, 0.1) is 10.2 Å². The van der Waals surface area contributed by atoms with E-state index < -0.39 is 23.7 Å². The molecule has 34 heavy (non-hydrogen) atoms. The van der Waals surface area contributed by atoms with Crippen molar-refractivity contribution < 1.29 is 28.6 Å². The minimum atomic E-state index is -0.913. The number of phenols is 1. The highest BCUT2D eigenvalue weighted by Crippen LogP contribution is 2.36. The van der Waals surface area contributed by atoms with Crippen molar-refractivity contribution in [1.29, 1.82) is 0 Å². The van der Waals surface area contributed by atoms with Gasteiger partial charge in [0.2, 0.25) is 0 Å². The first-order valence-corrected chi connectivity index (χ1v) is 11.4. The molecule has 0 bridgehead atoms. The Hall–Kier alpha value is -3.50. The van der Waals surface area contributed by atoms with Crippen LogP contribution in [0.2, 0.25) is 0 Å². The zero-order chi connectivity index (χ0) is 24.4. The second kappa shape index (κ2) is 9.78. The molecule has 3 aromatic carbocycles. The van der Waals surface area contributed by atoms with Gasteiger partial charge in [0.25, 0.3) is 11.8 Å². The van der Waals surface area contributed by atoms with Crippen LogP contribution in [0.4, 0.5) is 14.9 Å². The SMILES string of the molecule is O=C1NC(=O)N(c2ccc(O)cc2)C(=O)/C1=C/c1cc(Br)cc(Br)c1OCc1ccccc1F. The molecule has 2 N–H and O–H groups in total. The second-order valence-electron chi connectivity index (χ2n) is 7.16. The summed E-state index contributed by atoms with van der Waals surface area (Å²) in [6.45, 7) is -0.0959. The lowest BCUT2D eigenvalue weighted by Gasteiger charge is -2.26. The number of urea groups is 1. The van der Waals surface area contributed by atoms with E-state index in [1.54, 1.807) is 30.3 Å². The summed E-state index contributed by atoms with van der Waals surface area (Å²) in [5.41, 5.74) is 0.529. The molecule has 172 valence electrons. The average molecular weight is 590 g/mol. The maximum absolute atomic E-state index is 14.0. The van der Waals surface area contributed by atoms with Crippen LogP contribution < -0.4 is 15.0 Å². The van der Waals surface area contributed by atoms with Crippen molar-refractivity contribution in [2.45, 2.75) is 6.61 Å². The monoisotopic (exact) mass is 588 g/mol. The van der Waals surface area contributed by atoms with Crippen LogP contribution in [0, 0.1) is 5.82 Å². The van der Waals surface area contributed by atoms with Crippen LogP contribution in [-0.2, 0) is 16.2 Å². The molecular weight excluding hydrogens is 575 g/mol. The number of carbonyl (C=O) groups is 3.